The van der Waals surface area contributed by atoms with Crippen LogP contribution in [0.5, 0.6) is 5.75 Å². The van der Waals surface area contributed by atoms with Gasteiger partial charge in [-0.3, -0.25) is 14.9 Å². The Morgan fingerprint density at radius 1 is 1.12 bits per heavy atom. The van der Waals surface area contributed by atoms with E-state index in [4.69, 9.17) is 4.74 Å². The van der Waals surface area contributed by atoms with E-state index in [0.717, 1.165) is 24.8 Å². The quantitative estimate of drug-likeness (QED) is 0.372. The number of sulfone groups is 1. The molecular weight excluding hydrogens is 433 g/mol. The number of imide groups is 1. The van der Waals surface area contributed by atoms with Gasteiger partial charge in [0.1, 0.15) is 0 Å². The van der Waals surface area contributed by atoms with Crippen LogP contribution in [0.3, 0.4) is 0 Å². The van der Waals surface area contributed by atoms with Crippen LogP contribution < -0.4 is 10.1 Å². The molecule has 1 saturated carbocycles. The van der Waals surface area contributed by atoms with Crippen LogP contribution in [0.2, 0.25) is 0 Å². The van der Waals surface area contributed by atoms with Gasteiger partial charge in [0.25, 0.3) is 0 Å². The molecule has 0 bridgehead atoms. The largest absolute Gasteiger partial charge is 0.490 e. The van der Waals surface area contributed by atoms with Gasteiger partial charge in [0.2, 0.25) is 11.8 Å². The number of amides is 2. The SMILES string of the molecule is CC(C)(CS(=O)(=O)CCCCCC1CCC(=O)NC1=O)c1ccc(F)c(OCC2CC2)c1. The Hall–Kier alpha value is -1.96. The lowest BCUT2D eigenvalue weighted by molar-refractivity contribution is -0.136. The highest BCUT2D eigenvalue weighted by Crippen LogP contribution is 2.33. The van der Waals surface area contributed by atoms with Gasteiger partial charge in [-0.05, 0) is 55.7 Å². The van der Waals surface area contributed by atoms with E-state index in [0.29, 0.717) is 44.6 Å². The molecule has 32 heavy (non-hydrogen) atoms. The molecule has 2 aliphatic rings. The molecule has 1 N–H and O–H groups in total. The van der Waals surface area contributed by atoms with Crippen LogP contribution in [0.1, 0.15) is 70.8 Å². The van der Waals surface area contributed by atoms with E-state index in [9.17, 15) is 22.4 Å². The molecule has 1 heterocycles. The highest BCUT2D eigenvalue weighted by Gasteiger charge is 2.30. The molecule has 8 heteroatoms. The molecule has 1 saturated heterocycles. The Kier molecular flexibility index (Phi) is 7.96. The van der Waals surface area contributed by atoms with Crippen LogP contribution in [-0.2, 0) is 24.8 Å². The predicted octanol–water partition coefficient (Wildman–Crippen LogP) is 3.92. The summed E-state index contributed by atoms with van der Waals surface area (Å²) in [5.74, 6) is -0.270. The van der Waals surface area contributed by atoms with Crippen molar-refractivity contribution < 1.29 is 27.1 Å². The van der Waals surface area contributed by atoms with Crippen LogP contribution in [-0.4, -0.2) is 38.3 Å². The van der Waals surface area contributed by atoms with Crippen molar-refractivity contribution in [2.45, 2.75) is 70.6 Å². The number of halogens is 1. The van der Waals surface area contributed by atoms with Crippen molar-refractivity contribution in [2.75, 3.05) is 18.1 Å². The summed E-state index contributed by atoms with van der Waals surface area (Å²) in [4.78, 5) is 23.0. The number of hydrogen-bond acceptors (Lipinski definition) is 5. The molecule has 1 aromatic rings. The molecule has 0 radical (unpaired) electrons. The smallest absolute Gasteiger partial charge is 0.229 e. The van der Waals surface area contributed by atoms with Gasteiger partial charge in [-0.15, -0.1) is 0 Å². The zero-order valence-electron chi connectivity index (χ0n) is 19.0. The van der Waals surface area contributed by atoms with Gasteiger partial charge in [0, 0.05) is 17.8 Å². The third-order valence-electron chi connectivity index (χ3n) is 6.33. The lowest BCUT2D eigenvalue weighted by atomic mass is 9.86. The second kappa shape index (κ2) is 10.3. The lowest BCUT2D eigenvalue weighted by Gasteiger charge is -2.26. The number of nitrogens with one attached hydrogen (secondary N) is 1. The van der Waals surface area contributed by atoms with E-state index in [2.05, 4.69) is 5.32 Å². The number of piperidine rings is 1. The summed E-state index contributed by atoms with van der Waals surface area (Å²) < 4.78 is 45.2. The van der Waals surface area contributed by atoms with E-state index in [-0.39, 0.29) is 35.0 Å². The van der Waals surface area contributed by atoms with Crippen LogP contribution in [0.15, 0.2) is 18.2 Å². The first-order valence-corrected chi connectivity index (χ1v) is 13.3. The number of ether oxygens (including phenoxy) is 1. The summed E-state index contributed by atoms with van der Waals surface area (Å²) in [7, 11) is -3.31. The van der Waals surface area contributed by atoms with Gasteiger partial charge in [-0.1, -0.05) is 32.8 Å². The maximum absolute atomic E-state index is 14.1. The molecule has 3 rings (SSSR count). The Bertz CT molecular complexity index is 940. The first-order chi connectivity index (χ1) is 15.1. The fourth-order valence-corrected chi connectivity index (χ4v) is 6.19. The minimum atomic E-state index is -3.31. The standard InChI is InChI=1S/C24H34FNO5S/c1-24(2,19-10-11-20(25)21(14-19)31-15-17-7-8-17)16-32(29,30)13-5-3-4-6-18-9-12-22(27)26-23(18)28/h10-11,14,17-18H,3-9,12-13,15-16H2,1-2H3,(H,26,27,28). The van der Waals surface area contributed by atoms with E-state index < -0.39 is 21.1 Å². The van der Waals surface area contributed by atoms with Gasteiger partial charge in [-0.2, -0.15) is 0 Å². The van der Waals surface area contributed by atoms with Crippen molar-refractivity contribution in [3.8, 4) is 5.75 Å². The van der Waals surface area contributed by atoms with Crippen molar-refractivity contribution >= 4 is 21.7 Å². The summed E-state index contributed by atoms with van der Waals surface area (Å²) in [6.07, 6.45) is 5.83. The third-order valence-corrected chi connectivity index (χ3v) is 8.40. The minimum absolute atomic E-state index is 0.0269. The highest BCUT2D eigenvalue weighted by molar-refractivity contribution is 7.91. The highest BCUT2D eigenvalue weighted by atomic mass is 32.2. The molecule has 1 aromatic carbocycles. The Morgan fingerprint density at radius 3 is 2.56 bits per heavy atom. The van der Waals surface area contributed by atoms with E-state index in [1.54, 1.807) is 12.1 Å². The van der Waals surface area contributed by atoms with Gasteiger partial charge >= 0.3 is 0 Å². The summed E-state index contributed by atoms with van der Waals surface area (Å²) in [6, 6.07) is 4.61. The normalized spacial score (nSPS) is 19.7. The molecule has 1 atom stereocenters. The molecule has 1 aliphatic heterocycles. The van der Waals surface area contributed by atoms with Crippen LogP contribution in [0.25, 0.3) is 0 Å². The molecule has 1 aliphatic carbocycles. The molecular formula is C24H34FNO5S. The molecule has 178 valence electrons. The maximum atomic E-state index is 14.1. The molecule has 2 amide bonds. The molecule has 0 spiro atoms. The Morgan fingerprint density at radius 2 is 1.88 bits per heavy atom. The maximum Gasteiger partial charge on any atom is 0.229 e. The second-order valence-electron chi connectivity index (χ2n) is 9.87. The molecule has 2 fully saturated rings. The average molecular weight is 468 g/mol. The number of carbonyl (C=O) groups excluding carboxylic acids is 2. The van der Waals surface area contributed by atoms with Gasteiger partial charge < -0.3 is 4.74 Å². The first-order valence-electron chi connectivity index (χ1n) is 11.5. The Balaban J connectivity index is 1.46. The minimum Gasteiger partial charge on any atom is -0.490 e. The number of unbranched alkanes of at least 4 members (excludes halogenated alkanes) is 2. The number of rotatable bonds is 12. The van der Waals surface area contributed by atoms with Crippen molar-refractivity contribution in [1.29, 1.82) is 0 Å². The van der Waals surface area contributed by atoms with E-state index >= 15 is 0 Å². The van der Waals surface area contributed by atoms with Crippen LogP contribution in [0, 0.1) is 17.7 Å². The van der Waals surface area contributed by atoms with Crippen molar-refractivity contribution in [1.82, 2.24) is 5.32 Å². The van der Waals surface area contributed by atoms with E-state index in [1.807, 2.05) is 13.8 Å². The molecule has 0 aromatic heterocycles. The average Bonchev–Trinajstić information content (AvgIpc) is 3.52. The van der Waals surface area contributed by atoms with Gasteiger partial charge in [0.05, 0.1) is 18.1 Å². The summed E-state index contributed by atoms with van der Waals surface area (Å²) in [6.45, 7) is 4.20. The van der Waals surface area contributed by atoms with Crippen LogP contribution >= 0.6 is 0 Å². The number of benzene rings is 1. The van der Waals surface area contributed by atoms with Gasteiger partial charge in [0.15, 0.2) is 21.4 Å². The predicted molar refractivity (Wildman–Crippen MR) is 121 cm³/mol. The second-order valence-corrected chi connectivity index (χ2v) is 12.1. The van der Waals surface area contributed by atoms with Crippen molar-refractivity contribution in [3.63, 3.8) is 0 Å². The zero-order chi connectivity index (χ0) is 23.4. The number of carbonyl (C=O) groups is 2. The van der Waals surface area contributed by atoms with Crippen LogP contribution in [0.4, 0.5) is 4.39 Å². The third kappa shape index (κ3) is 7.29. The summed E-state index contributed by atoms with van der Waals surface area (Å²) >= 11 is 0. The monoisotopic (exact) mass is 467 g/mol. The van der Waals surface area contributed by atoms with Gasteiger partial charge in [-0.25, -0.2) is 12.8 Å². The van der Waals surface area contributed by atoms with Crippen molar-refractivity contribution in [3.05, 3.63) is 29.6 Å². The molecule has 6 nitrogen and oxygen atoms in total. The fraction of sp³-hybridized carbons (Fsp3) is 0.667. The molecule has 1 unspecified atom stereocenters. The zero-order valence-corrected chi connectivity index (χ0v) is 19.8. The first kappa shape index (κ1) is 24.7. The number of hydrogen-bond donors (Lipinski definition) is 1. The topological polar surface area (TPSA) is 89.5 Å². The summed E-state index contributed by atoms with van der Waals surface area (Å²) in [5, 5.41) is 2.35. The fourth-order valence-electron chi connectivity index (χ4n) is 4.14. The van der Waals surface area contributed by atoms with E-state index in [1.165, 1.54) is 6.07 Å². The summed E-state index contributed by atoms with van der Waals surface area (Å²) in [5.41, 5.74) is 0.0721. The van der Waals surface area contributed by atoms with Crippen molar-refractivity contribution in [2.24, 2.45) is 11.8 Å². The Labute approximate surface area is 190 Å². The lowest BCUT2D eigenvalue weighted by Crippen LogP contribution is -2.40.